The van der Waals surface area contributed by atoms with E-state index in [-0.39, 0.29) is 17.3 Å². The van der Waals surface area contributed by atoms with Crippen molar-refractivity contribution in [3.8, 4) is 34.1 Å². The highest BCUT2D eigenvalue weighted by atomic mass is 16.6. The predicted octanol–water partition coefficient (Wildman–Crippen LogP) is 6.92. The molecule has 0 aliphatic heterocycles. The van der Waals surface area contributed by atoms with Crippen LogP contribution < -0.4 is 14.8 Å². The molecule has 7 heteroatoms. The zero-order valence-corrected chi connectivity index (χ0v) is 19.8. The Morgan fingerprint density at radius 2 is 1.50 bits per heavy atom. The van der Waals surface area contributed by atoms with Crippen LogP contribution in [0.3, 0.4) is 0 Å². The molecule has 0 saturated carbocycles. The zero-order chi connectivity index (χ0) is 25.3. The number of hydrogen-bond acceptors (Lipinski definition) is 5. The molecular weight excluding hydrogens is 456 g/mol. The molecule has 1 N–H and O–H groups in total. The molecule has 182 valence electrons. The molecule has 0 bridgehead atoms. The molecule has 0 spiro atoms. The van der Waals surface area contributed by atoms with E-state index in [4.69, 9.17) is 9.47 Å². The summed E-state index contributed by atoms with van der Waals surface area (Å²) in [5.41, 5.74) is 2.70. The van der Waals surface area contributed by atoms with Crippen LogP contribution in [0.4, 0.5) is 5.69 Å². The average Bonchev–Trinajstić information content (AvgIpc) is 2.89. The number of benzene rings is 4. The second-order valence-corrected chi connectivity index (χ2v) is 8.08. The van der Waals surface area contributed by atoms with Crippen molar-refractivity contribution >= 4 is 11.6 Å². The van der Waals surface area contributed by atoms with Crippen LogP contribution in [0.1, 0.15) is 18.9 Å². The van der Waals surface area contributed by atoms with Crippen molar-refractivity contribution in [1.82, 2.24) is 5.32 Å². The molecule has 0 heterocycles. The van der Waals surface area contributed by atoms with Crippen LogP contribution >= 0.6 is 0 Å². The smallest absolute Gasteiger partial charge is 0.276 e. The van der Waals surface area contributed by atoms with Gasteiger partial charge in [0.15, 0.2) is 0 Å². The van der Waals surface area contributed by atoms with Gasteiger partial charge in [-0.25, -0.2) is 0 Å². The third kappa shape index (κ3) is 6.48. The Morgan fingerprint density at radius 3 is 2.19 bits per heavy atom. The lowest BCUT2D eigenvalue weighted by atomic mass is 10.0. The van der Waals surface area contributed by atoms with Crippen LogP contribution in [0.25, 0.3) is 11.1 Å². The average molecular weight is 483 g/mol. The summed E-state index contributed by atoms with van der Waals surface area (Å²) in [5.74, 6) is 1.68. The van der Waals surface area contributed by atoms with Crippen molar-refractivity contribution in [2.24, 2.45) is 0 Å². The molecular formula is C29H26N2O5. The van der Waals surface area contributed by atoms with Gasteiger partial charge in [-0.1, -0.05) is 60.7 Å². The molecule has 0 saturated heterocycles. The van der Waals surface area contributed by atoms with Crippen molar-refractivity contribution in [2.45, 2.75) is 19.8 Å². The molecule has 36 heavy (non-hydrogen) atoms. The number of rotatable bonds is 10. The van der Waals surface area contributed by atoms with Crippen molar-refractivity contribution in [1.29, 1.82) is 0 Å². The second-order valence-electron chi connectivity index (χ2n) is 8.08. The lowest BCUT2D eigenvalue weighted by molar-refractivity contribution is -0.385. The van der Waals surface area contributed by atoms with E-state index in [1.54, 1.807) is 18.2 Å². The van der Waals surface area contributed by atoms with Gasteiger partial charge in [0.05, 0.1) is 17.1 Å². The normalized spacial score (nSPS) is 10.5. The molecule has 0 fully saturated rings. The first-order valence-corrected chi connectivity index (χ1v) is 11.7. The van der Waals surface area contributed by atoms with Crippen LogP contribution in [0.5, 0.6) is 23.0 Å². The van der Waals surface area contributed by atoms with Crippen LogP contribution in [0.2, 0.25) is 0 Å². The summed E-state index contributed by atoms with van der Waals surface area (Å²) < 4.78 is 12.0. The number of aryl methyl sites for hydroxylation is 1. The van der Waals surface area contributed by atoms with Crippen LogP contribution in [-0.4, -0.2) is 17.4 Å². The maximum atomic E-state index is 11.7. The first-order chi connectivity index (χ1) is 17.5. The minimum Gasteiger partial charge on any atom is -0.457 e. The fraction of sp³-hybridized carbons (Fsp3) is 0.138. The van der Waals surface area contributed by atoms with Gasteiger partial charge in [0.1, 0.15) is 23.0 Å². The Kier molecular flexibility index (Phi) is 7.93. The highest BCUT2D eigenvalue weighted by Gasteiger charge is 2.15. The van der Waals surface area contributed by atoms with Crippen molar-refractivity contribution in [3.63, 3.8) is 0 Å². The number of nitrogens with zero attached hydrogens (tertiary/aromatic N) is 1. The Balaban J connectivity index is 1.54. The third-order valence-corrected chi connectivity index (χ3v) is 5.45. The van der Waals surface area contributed by atoms with Crippen molar-refractivity contribution in [3.05, 3.63) is 113 Å². The molecule has 4 rings (SSSR count). The first kappa shape index (κ1) is 24.5. The predicted molar refractivity (Wildman–Crippen MR) is 139 cm³/mol. The number of carbonyl (C=O) groups excluding carboxylic acids is 1. The maximum Gasteiger partial charge on any atom is 0.276 e. The van der Waals surface area contributed by atoms with E-state index in [9.17, 15) is 14.9 Å². The van der Waals surface area contributed by atoms with Crippen molar-refractivity contribution in [2.75, 3.05) is 6.54 Å². The van der Waals surface area contributed by atoms with Crippen molar-refractivity contribution < 1.29 is 19.2 Å². The minimum atomic E-state index is -0.479. The second kappa shape index (κ2) is 11.7. The summed E-state index contributed by atoms with van der Waals surface area (Å²) in [6.45, 7) is 2.49. The number of para-hydroxylation sites is 1. The van der Waals surface area contributed by atoms with E-state index in [2.05, 4.69) is 5.32 Å². The summed E-state index contributed by atoms with van der Waals surface area (Å²) >= 11 is 0. The molecule has 4 aromatic rings. The van der Waals surface area contributed by atoms with Gasteiger partial charge in [-0.05, 0) is 42.7 Å². The molecule has 0 aromatic heterocycles. The van der Waals surface area contributed by atoms with Gasteiger partial charge in [-0.15, -0.1) is 0 Å². The molecule has 7 nitrogen and oxygen atoms in total. The quantitative estimate of drug-likeness (QED) is 0.196. The van der Waals surface area contributed by atoms with Gasteiger partial charge < -0.3 is 14.8 Å². The van der Waals surface area contributed by atoms with E-state index < -0.39 is 4.92 Å². The van der Waals surface area contributed by atoms with Gasteiger partial charge in [0, 0.05) is 24.6 Å². The van der Waals surface area contributed by atoms with Gasteiger partial charge in [-0.2, -0.15) is 0 Å². The zero-order valence-electron chi connectivity index (χ0n) is 19.8. The first-order valence-electron chi connectivity index (χ1n) is 11.7. The number of nitrogens with one attached hydrogen (secondary N) is 1. The number of hydrogen-bond donors (Lipinski definition) is 1. The van der Waals surface area contributed by atoms with E-state index in [1.165, 1.54) is 12.1 Å². The topological polar surface area (TPSA) is 90.7 Å². The summed E-state index contributed by atoms with van der Waals surface area (Å²) in [6.07, 6.45) is 1.02. The molecule has 0 aliphatic rings. The van der Waals surface area contributed by atoms with E-state index in [1.807, 2.05) is 73.7 Å². The van der Waals surface area contributed by atoms with Crippen LogP contribution in [0.15, 0.2) is 97.1 Å². The van der Waals surface area contributed by atoms with Gasteiger partial charge in [0.25, 0.3) is 5.69 Å². The van der Waals surface area contributed by atoms with E-state index in [0.29, 0.717) is 36.6 Å². The standard InChI is InChI=1S/C29H26N2O5/c1-2-30-29(32)17-14-21-12-15-24(16-13-21)35-25-18-23(31(33)34)19-26(20-25)36-28-11-7-6-10-27(28)22-8-4-3-5-9-22/h3-13,15-16,18-20H,2,14,17H2,1H3,(H,30,32). The molecule has 0 atom stereocenters. The van der Waals surface area contributed by atoms with Crippen LogP contribution in [0, 0.1) is 10.1 Å². The summed E-state index contributed by atoms with van der Waals surface area (Å²) in [6, 6.07) is 29.0. The largest absolute Gasteiger partial charge is 0.457 e. The lowest BCUT2D eigenvalue weighted by Gasteiger charge is -2.13. The number of ether oxygens (including phenoxy) is 2. The number of amides is 1. The Morgan fingerprint density at radius 1 is 0.833 bits per heavy atom. The van der Waals surface area contributed by atoms with Gasteiger partial charge in [-0.3, -0.25) is 14.9 Å². The third-order valence-electron chi connectivity index (χ3n) is 5.45. The van der Waals surface area contributed by atoms with Gasteiger partial charge in [0.2, 0.25) is 5.91 Å². The summed E-state index contributed by atoms with van der Waals surface area (Å²) in [7, 11) is 0. The summed E-state index contributed by atoms with van der Waals surface area (Å²) in [5, 5.41) is 14.4. The number of nitro benzene ring substituents is 1. The monoisotopic (exact) mass is 482 g/mol. The highest BCUT2D eigenvalue weighted by Crippen LogP contribution is 2.37. The highest BCUT2D eigenvalue weighted by molar-refractivity contribution is 5.76. The van der Waals surface area contributed by atoms with E-state index in [0.717, 1.165) is 16.7 Å². The molecule has 0 unspecified atom stereocenters. The summed E-state index contributed by atoms with van der Waals surface area (Å²) in [4.78, 5) is 22.8. The number of carbonyl (C=O) groups is 1. The Bertz CT molecular complexity index is 1340. The maximum absolute atomic E-state index is 11.7. The molecule has 0 radical (unpaired) electrons. The van der Waals surface area contributed by atoms with Gasteiger partial charge >= 0.3 is 0 Å². The fourth-order valence-corrected chi connectivity index (χ4v) is 3.72. The molecule has 0 aliphatic carbocycles. The van der Waals surface area contributed by atoms with E-state index >= 15 is 0 Å². The molecule has 1 amide bonds. The van der Waals surface area contributed by atoms with Crippen LogP contribution in [-0.2, 0) is 11.2 Å². The Labute approximate surface area is 209 Å². The minimum absolute atomic E-state index is 0.00999. The number of nitro groups is 1. The fourth-order valence-electron chi connectivity index (χ4n) is 3.72. The SMILES string of the molecule is CCNC(=O)CCc1ccc(Oc2cc(Oc3ccccc3-c3ccccc3)cc([N+](=O)[O-])c2)cc1. The Hall–Kier alpha value is -4.65. The number of non-ortho nitro benzene ring substituents is 1. The molecule has 4 aromatic carbocycles. The lowest BCUT2D eigenvalue weighted by Crippen LogP contribution is -2.22.